The van der Waals surface area contributed by atoms with Gasteiger partial charge in [0.1, 0.15) is 5.78 Å². The number of nitrogens with one attached hydrogen (secondary N) is 2. The Labute approximate surface area is 134 Å². The maximum Gasteiger partial charge on any atom is 0.319 e. The molecule has 7 heteroatoms. The van der Waals surface area contributed by atoms with Gasteiger partial charge in [-0.2, -0.15) is 0 Å². The molecule has 0 saturated carbocycles. The highest BCUT2D eigenvalue weighted by Crippen LogP contribution is 2.42. The number of methoxy groups -OCH3 is 3. The van der Waals surface area contributed by atoms with Gasteiger partial charge in [-0.3, -0.25) is 4.79 Å². The Morgan fingerprint density at radius 3 is 2.13 bits per heavy atom. The minimum Gasteiger partial charge on any atom is -0.493 e. The number of hydrogen-bond acceptors (Lipinski definition) is 5. The first-order chi connectivity index (χ1) is 10.9. The fraction of sp³-hybridized carbons (Fsp3) is 0.375. The number of amides is 2. The lowest BCUT2D eigenvalue weighted by Crippen LogP contribution is -2.50. The van der Waals surface area contributed by atoms with Gasteiger partial charge in [0.2, 0.25) is 5.75 Å². The van der Waals surface area contributed by atoms with E-state index < -0.39 is 18.0 Å². The van der Waals surface area contributed by atoms with Crippen molar-refractivity contribution in [3.63, 3.8) is 0 Å². The van der Waals surface area contributed by atoms with Crippen molar-refractivity contribution in [1.29, 1.82) is 0 Å². The van der Waals surface area contributed by atoms with Gasteiger partial charge in [-0.05, 0) is 24.6 Å². The highest BCUT2D eigenvalue weighted by molar-refractivity contribution is 5.88. The molecule has 0 aliphatic carbocycles. The third-order valence-electron chi connectivity index (χ3n) is 3.75. The summed E-state index contributed by atoms with van der Waals surface area (Å²) in [4.78, 5) is 23.8. The summed E-state index contributed by atoms with van der Waals surface area (Å²) >= 11 is 0. The van der Waals surface area contributed by atoms with Crippen LogP contribution in [-0.4, -0.2) is 33.1 Å². The Kier molecular flexibility index (Phi) is 4.78. The molecule has 1 aliphatic heterocycles. The van der Waals surface area contributed by atoms with Crippen LogP contribution in [0.4, 0.5) is 4.79 Å². The molecule has 0 radical (unpaired) electrons. The summed E-state index contributed by atoms with van der Waals surface area (Å²) < 4.78 is 15.9. The summed E-state index contributed by atoms with van der Waals surface area (Å²) in [5, 5.41) is 5.29. The fourth-order valence-electron chi connectivity index (χ4n) is 2.72. The van der Waals surface area contributed by atoms with Gasteiger partial charge in [-0.1, -0.05) is 6.58 Å². The Morgan fingerprint density at radius 1 is 1.13 bits per heavy atom. The Balaban J connectivity index is 2.55. The number of ketones is 1. The second-order valence-corrected chi connectivity index (χ2v) is 5.15. The van der Waals surface area contributed by atoms with Crippen LogP contribution in [0.25, 0.3) is 0 Å². The smallest absolute Gasteiger partial charge is 0.319 e. The molecule has 1 fully saturated rings. The lowest BCUT2D eigenvalue weighted by atomic mass is 9.86. The van der Waals surface area contributed by atoms with Gasteiger partial charge in [0.25, 0.3) is 0 Å². The summed E-state index contributed by atoms with van der Waals surface area (Å²) in [7, 11) is 4.51. The molecule has 1 aromatic rings. The zero-order chi connectivity index (χ0) is 17.1. The van der Waals surface area contributed by atoms with Gasteiger partial charge in [0.05, 0.1) is 33.3 Å². The molecule has 2 unspecified atom stereocenters. The van der Waals surface area contributed by atoms with Crippen LogP contribution in [0.15, 0.2) is 24.4 Å². The molecule has 2 atom stereocenters. The summed E-state index contributed by atoms with van der Waals surface area (Å²) in [6.45, 7) is 5.24. The molecule has 1 heterocycles. The molecule has 1 saturated heterocycles. The standard InChI is InChI=1S/C16H20N2O5/c1-8-13(9(2)19)14(18-16(20)17-8)10-6-11(21-3)15(23-5)12(7-10)22-4/h6-7,13-14H,1H2,2-5H3,(H2,17,18,20). The molecular formula is C16H20N2O5. The van der Waals surface area contributed by atoms with Crippen molar-refractivity contribution in [2.75, 3.05) is 21.3 Å². The second-order valence-electron chi connectivity index (χ2n) is 5.15. The topological polar surface area (TPSA) is 85.9 Å². The van der Waals surface area contributed by atoms with Crippen molar-refractivity contribution in [2.24, 2.45) is 5.92 Å². The fourth-order valence-corrected chi connectivity index (χ4v) is 2.72. The second kappa shape index (κ2) is 6.60. The molecule has 1 aliphatic rings. The molecule has 0 spiro atoms. The van der Waals surface area contributed by atoms with Crippen LogP contribution >= 0.6 is 0 Å². The monoisotopic (exact) mass is 320 g/mol. The summed E-state index contributed by atoms with van der Waals surface area (Å²) in [5.74, 6) is 0.638. The lowest BCUT2D eigenvalue weighted by Gasteiger charge is -2.33. The molecular weight excluding hydrogens is 300 g/mol. The van der Waals surface area contributed by atoms with E-state index >= 15 is 0 Å². The van der Waals surface area contributed by atoms with Crippen LogP contribution < -0.4 is 24.8 Å². The van der Waals surface area contributed by atoms with Crippen molar-refractivity contribution in [1.82, 2.24) is 10.6 Å². The van der Waals surface area contributed by atoms with Gasteiger partial charge in [0, 0.05) is 5.70 Å². The van der Waals surface area contributed by atoms with E-state index in [9.17, 15) is 9.59 Å². The molecule has 2 rings (SSSR count). The van der Waals surface area contributed by atoms with Gasteiger partial charge < -0.3 is 24.8 Å². The van der Waals surface area contributed by atoms with Gasteiger partial charge >= 0.3 is 6.03 Å². The maximum atomic E-state index is 12.0. The summed E-state index contributed by atoms with van der Waals surface area (Å²) in [6, 6.07) is 2.44. The molecule has 2 N–H and O–H groups in total. The number of ether oxygens (including phenoxy) is 3. The highest BCUT2D eigenvalue weighted by Gasteiger charge is 2.36. The first-order valence-electron chi connectivity index (χ1n) is 6.99. The number of urea groups is 1. The van der Waals surface area contributed by atoms with Crippen LogP contribution in [0.1, 0.15) is 18.5 Å². The van der Waals surface area contributed by atoms with E-state index in [0.717, 1.165) is 0 Å². The quantitative estimate of drug-likeness (QED) is 0.864. The summed E-state index contributed by atoms with van der Waals surface area (Å²) in [6.07, 6.45) is 0. The van der Waals surface area contributed by atoms with E-state index in [2.05, 4.69) is 17.2 Å². The normalized spacial score (nSPS) is 20.3. The van der Waals surface area contributed by atoms with Crippen molar-refractivity contribution in [3.8, 4) is 17.2 Å². The Hall–Kier alpha value is -2.70. The van der Waals surface area contributed by atoms with E-state index in [1.165, 1.54) is 28.3 Å². The van der Waals surface area contributed by atoms with E-state index in [1.807, 2.05) is 0 Å². The molecule has 1 aromatic carbocycles. The first kappa shape index (κ1) is 16.7. The number of benzene rings is 1. The minimum absolute atomic E-state index is 0.110. The minimum atomic E-state index is -0.587. The van der Waals surface area contributed by atoms with Crippen LogP contribution in [-0.2, 0) is 4.79 Å². The van der Waals surface area contributed by atoms with Gasteiger partial charge in [-0.25, -0.2) is 4.79 Å². The number of carbonyl (C=O) groups excluding carboxylic acids is 2. The predicted molar refractivity (Wildman–Crippen MR) is 83.8 cm³/mol. The van der Waals surface area contributed by atoms with E-state index in [0.29, 0.717) is 28.5 Å². The Morgan fingerprint density at radius 2 is 1.70 bits per heavy atom. The molecule has 124 valence electrons. The van der Waals surface area contributed by atoms with Crippen molar-refractivity contribution in [3.05, 3.63) is 30.0 Å². The van der Waals surface area contributed by atoms with Crippen molar-refractivity contribution in [2.45, 2.75) is 13.0 Å². The zero-order valence-corrected chi connectivity index (χ0v) is 13.6. The van der Waals surface area contributed by atoms with E-state index in [1.54, 1.807) is 12.1 Å². The molecule has 23 heavy (non-hydrogen) atoms. The number of rotatable bonds is 5. The zero-order valence-electron chi connectivity index (χ0n) is 13.6. The number of carbonyl (C=O) groups is 2. The SMILES string of the molecule is C=C1NC(=O)NC(c2cc(OC)c(OC)c(OC)c2)C1C(C)=O. The maximum absolute atomic E-state index is 12.0. The van der Waals surface area contributed by atoms with Crippen LogP contribution in [0.5, 0.6) is 17.2 Å². The van der Waals surface area contributed by atoms with Crippen LogP contribution in [0.3, 0.4) is 0 Å². The third-order valence-corrected chi connectivity index (χ3v) is 3.75. The number of hydrogen-bond donors (Lipinski definition) is 2. The largest absolute Gasteiger partial charge is 0.493 e. The predicted octanol–water partition coefficient (Wildman–Crippen LogP) is 1.79. The first-order valence-corrected chi connectivity index (χ1v) is 6.99. The Bertz CT molecular complexity index is 631. The molecule has 7 nitrogen and oxygen atoms in total. The average Bonchev–Trinajstić information content (AvgIpc) is 2.51. The van der Waals surface area contributed by atoms with E-state index in [-0.39, 0.29) is 5.78 Å². The number of Topliss-reactive ketones (excluding diaryl/α,β-unsaturated/α-hetero) is 1. The van der Waals surface area contributed by atoms with Crippen molar-refractivity contribution >= 4 is 11.8 Å². The summed E-state index contributed by atoms with van der Waals surface area (Å²) in [5.41, 5.74) is 1.02. The molecule has 2 amide bonds. The van der Waals surface area contributed by atoms with Gasteiger partial charge in [0.15, 0.2) is 11.5 Å². The average molecular weight is 320 g/mol. The van der Waals surface area contributed by atoms with Crippen LogP contribution in [0, 0.1) is 5.92 Å². The van der Waals surface area contributed by atoms with Crippen molar-refractivity contribution < 1.29 is 23.8 Å². The van der Waals surface area contributed by atoms with Gasteiger partial charge in [-0.15, -0.1) is 0 Å². The molecule has 0 aromatic heterocycles. The lowest BCUT2D eigenvalue weighted by molar-refractivity contribution is -0.120. The highest BCUT2D eigenvalue weighted by atomic mass is 16.5. The molecule has 0 bridgehead atoms. The van der Waals surface area contributed by atoms with Crippen LogP contribution in [0.2, 0.25) is 0 Å². The van der Waals surface area contributed by atoms with E-state index in [4.69, 9.17) is 14.2 Å². The third kappa shape index (κ3) is 3.08.